The van der Waals surface area contributed by atoms with Crippen molar-refractivity contribution in [1.82, 2.24) is 4.98 Å². The molecule has 0 bridgehead atoms. The first-order chi connectivity index (χ1) is 11.7. The zero-order chi connectivity index (χ0) is 16.9. The standard InChI is InChI=1S/C19H21NO4/c1-21-16-10-13(11-17(22-2)18(16)23-3)9-15-12-24-19(20-15)14-7-5-4-6-8-14/h5,7-8,10-12H,4,6,9H2,1-3H3. The zero-order valence-electron chi connectivity index (χ0n) is 14.2. The second kappa shape index (κ2) is 7.25. The summed E-state index contributed by atoms with van der Waals surface area (Å²) in [5.74, 6) is 2.51. The molecule has 0 spiro atoms. The highest BCUT2D eigenvalue weighted by Crippen LogP contribution is 2.38. The van der Waals surface area contributed by atoms with Gasteiger partial charge in [-0.25, -0.2) is 4.98 Å². The molecule has 1 aliphatic carbocycles. The normalized spacial score (nSPS) is 13.5. The molecule has 0 unspecified atom stereocenters. The minimum atomic E-state index is 0.585. The highest BCUT2D eigenvalue weighted by atomic mass is 16.5. The number of oxazole rings is 1. The molecule has 0 N–H and O–H groups in total. The molecule has 1 aromatic carbocycles. The van der Waals surface area contributed by atoms with E-state index in [1.165, 1.54) is 0 Å². The van der Waals surface area contributed by atoms with Gasteiger partial charge in [0, 0.05) is 12.0 Å². The van der Waals surface area contributed by atoms with Gasteiger partial charge in [-0.3, -0.25) is 0 Å². The lowest BCUT2D eigenvalue weighted by atomic mass is 10.1. The maximum Gasteiger partial charge on any atom is 0.225 e. The Hall–Kier alpha value is -2.69. The number of rotatable bonds is 6. The molecule has 24 heavy (non-hydrogen) atoms. The predicted molar refractivity (Wildman–Crippen MR) is 91.8 cm³/mol. The predicted octanol–water partition coefficient (Wildman–Crippen LogP) is 4.02. The van der Waals surface area contributed by atoms with Crippen molar-refractivity contribution < 1.29 is 18.6 Å². The summed E-state index contributed by atoms with van der Waals surface area (Å²) in [6.07, 6.45) is 10.8. The first kappa shape index (κ1) is 16.2. The van der Waals surface area contributed by atoms with E-state index in [0.29, 0.717) is 29.6 Å². The quantitative estimate of drug-likeness (QED) is 0.802. The Bertz CT molecular complexity index is 748. The number of hydrogen-bond acceptors (Lipinski definition) is 5. The Kier molecular flexibility index (Phi) is 4.89. The van der Waals surface area contributed by atoms with Crippen LogP contribution in [0.25, 0.3) is 5.57 Å². The van der Waals surface area contributed by atoms with Gasteiger partial charge in [0.05, 0.1) is 27.0 Å². The minimum absolute atomic E-state index is 0.585. The second-order valence-corrected chi connectivity index (χ2v) is 5.49. The molecular weight excluding hydrogens is 306 g/mol. The number of methoxy groups -OCH3 is 3. The lowest BCUT2D eigenvalue weighted by Crippen LogP contribution is -1.98. The molecule has 1 aromatic heterocycles. The molecule has 126 valence electrons. The number of nitrogens with zero attached hydrogens (tertiary/aromatic N) is 1. The van der Waals surface area contributed by atoms with Crippen molar-refractivity contribution in [2.75, 3.05) is 21.3 Å². The lowest BCUT2D eigenvalue weighted by Gasteiger charge is -2.13. The van der Waals surface area contributed by atoms with Crippen molar-refractivity contribution in [3.8, 4) is 17.2 Å². The summed E-state index contributed by atoms with van der Waals surface area (Å²) in [4.78, 5) is 4.58. The molecule has 0 radical (unpaired) electrons. The van der Waals surface area contributed by atoms with Crippen LogP contribution in [0, 0.1) is 0 Å². The van der Waals surface area contributed by atoms with Crippen LogP contribution in [0.2, 0.25) is 0 Å². The summed E-state index contributed by atoms with van der Waals surface area (Å²) in [5.41, 5.74) is 2.91. The zero-order valence-corrected chi connectivity index (χ0v) is 14.2. The van der Waals surface area contributed by atoms with E-state index in [9.17, 15) is 0 Å². The van der Waals surface area contributed by atoms with Crippen LogP contribution < -0.4 is 14.2 Å². The Morgan fingerprint density at radius 1 is 1.04 bits per heavy atom. The molecule has 0 saturated carbocycles. The van der Waals surface area contributed by atoms with Crippen molar-refractivity contribution in [3.05, 3.63) is 53.8 Å². The van der Waals surface area contributed by atoms with E-state index in [0.717, 1.165) is 29.7 Å². The summed E-state index contributed by atoms with van der Waals surface area (Å²) in [6.45, 7) is 0. The number of aromatic nitrogens is 1. The van der Waals surface area contributed by atoms with Gasteiger partial charge in [-0.2, -0.15) is 0 Å². The number of ether oxygens (including phenoxy) is 3. The molecule has 0 saturated heterocycles. The van der Waals surface area contributed by atoms with Crippen LogP contribution in [0.15, 0.2) is 41.0 Å². The number of allylic oxidation sites excluding steroid dienone is 4. The molecule has 0 aliphatic heterocycles. The summed E-state index contributed by atoms with van der Waals surface area (Å²) in [6, 6.07) is 3.85. The molecular formula is C19H21NO4. The fraction of sp³-hybridized carbons (Fsp3) is 0.316. The summed E-state index contributed by atoms with van der Waals surface area (Å²) >= 11 is 0. The van der Waals surface area contributed by atoms with Crippen LogP contribution in [0.3, 0.4) is 0 Å². The lowest BCUT2D eigenvalue weighted by molar-refractivity contribution is 0.324. The van der Waals surface area contributed by atoms with Gasteiger partial charge in [0.1, 0.15) is 6.26 Å². The van der Waals surface area contributed by atoms with E-state index < -0.39 is 0 Å². The smallest absolute Gasteiger partial charge is 0.225 e. The average molecular weight is 327 g/mol. The van der Waals surface area contributed by atoms with Gasteiger partial charge in [0.25, 0.3) is 0 Å². The maximum atomic E-state index is 5.62. The van der Waals surface area contributed by atoms with Gasteiger partial charge in [-0.1, -0.05) is 18.2 Å². The summed E-state index contributed by atoms with van der Waals surface area (Å²) in [5, 5.41) is 0. The van der Waals surface area contributed by atoms with Crippen molar-refractivity contribution in [2.24, 2.45) is 0 Å². The van der Waals surface area contributed by atoms with E-state index in [1.807, 2.05) is 12.1 Å². The van der Waals surface area contributed by atoms with Crippen LogP contribution in [0.5, 0.6) is 17.2 Å². The largest absolute Gasteiger partial charge is 0.493 e. The third kappa shape index (κ3) is 3.30. The fourth-order valence-electron chi connectivity index (χ4n) is 2.74. The van der Waals surface area contributed by atoms with Gasteiger partial charge >= 0.3 is 0 Å². The van der Waals surface area contributed by atoms with E-state index in [1.54, 1.807) is 27.6 Å². The average Bonchev–Trinajstić information content (AvgIpc) is 3.10. The Morgan fingerprint density at radius 2 is 1.79 bits per heavy atom. The molecule has 3 rings (SSSR count). The molecule has 1 aliphatic rings. The molecule has 0 fully saturated rings. The molecule has 5 nitrogen and oxygen atoms in total. The van der Waals surface area contributed by atoms with Crippen LogP contribution in [-0.2, 0) is 6.42 Å². The first-order valence-electron chi connectivity index (χ1n) is 7.85. The van der Waals surface area contributed by atoms with Crippen molar-refractivity contribution in [1.29, 1.82) is 0 Å². The molecule has 0 atom stereocenters. The highest BCUT2D eigenvalue weighted by Gasteiger charge is 2.15. The van der Waals surface area contributed by atoms with E-state index in [2.05, 4.69) is 23.2 Å². The minimum Gasteiger partial charge on any atom is -0.493 e. The third-order valence-corrected chi connectivity index (χ3v) is 3.90. The number of hydrogen-bond donors (Lipinski definition) is 0. The Balaban J connectivity index is 1.85. The van der Waals surface area contributed by atoms with Crippen LogP contribution in [0.4, 0.5) is 0 Å². The highest BCUT2D eigenvalue weighted by molar-refractivity contribution is 5.69. The van der Waals surface area contributed by atoms with E-state index in [4.69, 9.17) is 18.6 Å². The molecule has 5 heteroatoms. The topological polar surface area (TPSA) is 53.7 Å². The summed E-state index contributed by atoms with van der Waals surface area (Å²) in [7, 11) is 4.81. The fourth-order valence-corrected chi connectivity index (χ4v) is 2.74. The number of benzene rings is 1. The SMILES string of the molecule is COc1cc(Cc2coc(C3=CCCC=C3)n2)cc(OC)c1OC. The van der Waals surface area contributed by atoms with Gasteiger partial charge in [0.2, 0.25) is 11.6 Å². The van der Waals surface area contributed by atoms with Crippen molar-refractivity contribution >= 4 is 5.57 Å². The van der Waals surface area contributed by atoms with Gasteiger partial charge in [-0.05, 0) is 30.5 Å². The van der Waals surface area contributed by atoms with Gasteiger partial charge < -0.3 is 18.6 Å². The Labute approximate surface area is 141 Å². The van der Waals surface area contributed by atoms with Crippen LogP contribution in [-0.4, -0.2) is 26.3 Å². The molecule has 2 aromatic rings. The first-order valence-corrected chi connectivity index (χ1v) is 7.85. The van der Waals surface area contributed by atoms with Gasteiger partial charge in [-0.15, -0.1) is 0 Å². The maximum absolute atomic E-state index is 5.62. The Morgan fingerprint density at radius 3 is 2.38 bits per heavy atom. The van der Waals surface area contributed by atoms with Crippen molar-refractivity contribution in [3.63, 3.8) is 0 Å². The van der Waals surface area contributed by atoms with Crippen molar-refractivity contribution in [2.45, 2.75) is 19.3 Å². The third-order valence-electron chi connectivity index (χ3n) is 3.90. The molecule has 1 heterocycles. The monoisotopic (exact) mass is 327 g/mol. The van der Waals surface area contributed by atoms with Gasteiger partial charge in [0.15, 0.2) is 11.5 Å². The second-order valence-electron chi connectivity index (χ2n) is 5.49. The summed E-state index contributed by atoms with van der Waals surface area (Å²) < 4.78 is 21.7. The van der Waals surface area contributed by atoms with Crippen LogP contribution in [0.1, 0.15) is 30.0 Å². The molecule has 0 amide bonds. The van der Waals surface area contributed by atoms with E-state index in [-0.39, 0.29) is 0 Å². The van der Waals surface area contributed by atoms with E-state index >= 15 is 0 Å². The van der Waals surface area contributed by atoms with Crippen LogP contribution >= 0.6 is 0 Å².